The number of rotatable bonds is 2. The van der Waals surface area contributed by atoms with Crippen molar-refractivity contribution in [3.63, 3.8) is 0 Å². The first-order chi connectivity index (χ1) is 11.6. The summed E-state index contributed by atoms with van der Waals surface area (Å²) in [7, 11) is 1.68. The molecule has 1 amide bonds. The molecule has 3 heterocycles. The molecule has 4 rings (SSSR count). The van der Waals surface area contributed by atoms with Crippen LogP contribution in [0, 0.1) is 0 Å². The van der Waals surface area contributed by atoms with Gasteiger partial charge in [0.2, 0.25) is 0 Å². The Morgan fingerprint density at radius 3 is 2.92 bits per heavy atom. The molecule has 1 aromatic carbocycles. The Hall–Kier alpha value is -2.47. The summed E-state index contributed by atoms with van der Waals surface area (Å²) in [6, 6.07) is 11.1. The highest BCUT2D eigenvalue weighted by Crippen LogP contribution is 2.37. The van der Waals surface area contributed by atoms with Gasteiger partial charge in [0, 0.05) is 31.4 Å². The first-order valence-corrected chi connectivity index (χ1v) is 8.78. The Morgan fingerprint density at radius 1 is 1.29 bits per heavy atom. The van der Waals surface area contributed by atoms with E-state index in [-0.39, 0.29) is 17.5 Å². The quantitative estimate of drug-likeness (QED) is 0.721. The van der Waals surface area contributed by atoms with Crippen LogP contribution in [0.1, 0.15) is 34.2 Å². The number of aromatic nitrogens is 2. The minimum atomic E-state index is -0.170. The molecule has 1 aliphatic heterocycles. The highest BCUT2D eigenvalue weighted by molar-refractivity contribution is 7.18. The maximum absolute atomic E-state index is 12.9. The average molecular weight is 339 g/mol. The van der Waals surface area contributed by atoms with E-state index < -0.39 is 0 Å². The van der Waals surface area contributed by atoms with E-state index >= 15 is 0 Å². The van der Waals surface area contributed by atoms with Crippen molar-refractivity contribution in [2.45, 2.75) is 18.9 Å². The Kier molecular flexibility index (Phi) is 3.69. The third kappa shape index (κ3) is 2.53. The number of carbonyl (C=O) groups excluding carboxylic acids is 1. The summed E-state index contributed by atoms with van der Waals surface area (Å²) in [6.45, 7) is 0.703. The molecule has 0 aliphatic carbocycles. The highest BCUT2D eigenvalue weighted by atomic mass is 32.1. The average Bonchev–Trinajstić information content (AvgIpc) is 3.22. The van der Waals surface area contributed by atoms with E-state index in [9.17, 15) is 9.59 Å². The Balaban J connectivity index is 1.67. The van der Waals surface area contributed by atoms with E-state index in [4.69, 9.17) is 4.98 Å². The van der Waals surface area contributed by atoms with E-state index in [0.717, 1.165) is 28.1 Å². The minimum absolute atomic E-state index is 0.000965. The van der Waals surface area contributed by atoms with E-state index in [1.807, 2.05) is 23.1 Å². The molecule has 3 aromatic rings. The second kappa shape index (κ2) is 5.87. The molecule has 1 atom stereocenters. The van der Waals surface area contributed by atoms with Gasteiger partial charge in [0.25, 0.3) is 11.5 Å². The van der Waals surface area contributed by atoms with Crippen LogP contribution in [0.2, 0.25) is 0 Å². The van der Waals surface area contributed by atoms with Crippen LogP contribution in [0.25, 0.3) is 10.2 Å². The highest BCUT2D eigenvalue weighted by Gasteiger charge is 2.32. The molecule has 1 saturated heterocycles. The van der Waals surface area contributed by atoms with Gasteiger partial charge in [0.05, 0.1) is 16.3 Å². The van der Waals surface area contributed by atoms with Crippen LogP contribution in [-0.2, 0) is 7.05 Å². The summed E-state index contributed by atoms with van der Waals surface area (Å²) < 4.78 is 2.60. The summed E-state index contributed by atoms with van der Waals surface area (Å²) in [6.07, 6.45) is 3.51. The molecule has 0 spiro atoms. The fourth-order valence-electron chi connectivity index (χ4n) is 3.15. The molecule has 0 saturated carbocycles. The maximum Gasteiger partial charge on any atom is 0.254 e. The lowest BCUT2D eigenvalue weighted by molar-refractivity contribution is 0.0735. The SMILES string of the molecule is Cn1ccc(C(=O)N2CCC[C@@H]2c2nc3ccccc3s2)cc1=O. The molecule has 0 unspecified atom stereocenters. The number of fused-ring (bicyclic) bond motifs is 1. The van der Waals surface area contributed by atoms with E-state index in [1.165, 1.54) is 10.6 Å². The number of hydrogen-bond donors (Lipinski definition) is 0. The minimum Gasteiger partial charge on any atom is -0.329 e. The number of amides is 1. The number of carbonyl (C=O) groups is 1. The Bertz CT molecular complexity index is 943. The van der Waals surface area contributed by atoms with Crippen LogP contribution in [0.4, 0.5) is 0 Å². The zero-order valence-electron chi connectivity index (χ0n) is 13.3. The third-order valence-electron chi connectivity index (χ3n) is 4.46. The smallest absolute Gasteiger partial charge is 0.254 e. The Morgan fingerprint density at radius 2 is 2.12 bits per heavy atom. The molecule has 0 N–H and O–H groups in total. The number of thiazole rings is 1. The van der Waals surface area contributed by atoms with Gasteiger partial charge in [-0.2, -0.15) is 0 Å². The molecule has 0 bridgehead atoms. The summed E-state index contributed by atoms with van der Waals surface area (Å²) in [4.78, 5) is 31.2. The van der Waals surface area contributed by atoms with Gasteiger partial charge in [-0.1, -0.05) is 12.1 Å². The summed E-state index contributed by atoms with van der Waals surface area (Å²) in [5.74, 6) is -0.0885. The second-order valence-electron chi connectivity index (χ2n) is 6.04. The van der Waals surface area contributed by atoms with Gasteiger partial charge in [0.1, 0.15) is 5.01 Å². The van der Waals surface area contributed by atoms with Gasteiger partial charge in [-0.3, -0.25) is 9.59 Å². The first kappa shape index (κ1) is 15.1. The molecule has 2 aromatic heterocycles. The number of aryl methyl sites for hydroxylation is 1. The zero-order chi connectivity index (χ0) is 16.7. The van der Waals surface area contributed by atoms with Crippen molar-refractivity contribution in [2.75, 3.05) is 6.54 Å². The predicted molar refractivity (Wildman–Crippen MR) is 94.3 cm³/mol. The monoisotopic (exact) mass is 339 g/mol. The molecular formula is C18H17N3O2S. The predicted octanol–water partition coefficient (Wildman–Crippen LogP) is 2.97. The van der Waals surface area contributed by atoms with Gasteiger partial charge < -0.3 is 9.47 Å². The molecule has 122 valence electrons. The van der Waals surface area contributed by atoms with Crippen LogP contribution in [-0.4, -0.2) is 26.9 Å². The lowest BCUT2D eigenvalue weighted by Crippen LogP contribution is -2.31. The van der Waals surface area contributed by atoms with Crippen molar-refractivity contribution < 1.29 is 4.79 Å². The van der Waals surface area contributed by atoms with Gasteiger partial charge in [-0.25, -0.2) is 4.98 Å². The van der Waals surface area contributed by atoms with Crippen molar-refractivity contribution in [2.24, 2.45) is 7.05 Å². The number of hydrogen-bond acceptors (Lipinski definition) is 4. The largest absolute Gasteiger partial charge is 0.329 e. The van der Waals surface area contributed by atoms with Crippen LogP contribution in [0.15, 0.2) is 47.4 Å². The normalized spacial score (nSPS) is 17.5. The van der Waals surface area contributed by atoms with Gasteiger partial charge in [-0.05, 0) is 31.0 Å². The van der Waals surface area contributed by atoms with Crippen LogP contribution in [0.3, 0.4) is 0 Å². The Labute approximate surface area is 143 Å². The van der Waals surface area contributed by atoms with Crippen molar-refractivity contribution in [1.29, 1.82) is 0 Å². The maximum atomic E-state index is 12.9. The molecular weight excluding hydrogens is 322 g/mol. The van der Waals surface area contributed by atoms with Crippen molar-refractivity contribution in [1.82, 2.24) is 14.5 Å². The lowest BCUT2D eigenvalue weighted by Gasteiger charge is -2.23. The summed E-state index contributed by atoms with van der Waals surface area (Å²) >= 11 is 1.65. The van der Waals surface area contributed by atoms with Crippen LogP contribution < -0.4 is 5.56 Å². The summed E-state index contributed by atoms with van der Waals surface area (Å²) in [5, 5.41) is 0.978. The van der Waals surface area contributed by atoms with Gasteiger partial charge in [-0.15, -0.1) is 11.3 Å². The molecule has 6 heteroatoms. The molecule has 24 heavy (non-hydrogen) atoms. The fraction of sp³-hybridized carbons (Fsp3) is 0.278. The molecule has 5 nitrogen and oxygen atoms in total. The van der Waals surface area contributed by atoms with E-state index in [0.29, 0.717) is 12.1 Å². The van der Waals surface area contributed by atoms with Crippen molar-refractivity contribution in [3.05, 3.63) is 63.5 Å². The third-order valence-corrected chi connectivity index (χ3v) is 5.60. The van der Waals surface area contributed by atoms with Crippen LogP contribution in [0.5, 0.6) is 0 Å². The van der Waals surface area contributed by atoms with Gasteiger partial charge >= 0.3 is 0 Å². The van der Waals surface area contributed by atoms with Crippen molar-refractivity contribution in [3.8, 4) is 0 Å². The lowest BCUT2D eigenvalue weighted by atomic mass is 10.2. The molecule has 1 fully saturated rings. The first-order valence-electron chi connectivity index (χ1n) is 7.96. The zero-order valence-corrected chi connectivity index (χ0v) is 14.1. The number of para-hydroxylation sites is 1. The number of benzene rings is 1. The van der Waals surface area contributed by atoms with Crippen molar-refractivity contribution >= 4 is 27.5 Å². The van der Waals surface area contributed by atoms with E-state index in [2.05, 4.69) is 6.07 Å². The molecule has 1 aliphatic rings. The van der Waals surface area contributed by atoms with Crippen LogP contribution >= 0.6 is 11.3 Å². The number of likely N-dealkylation sites (tertiary alicyclic amines) is 1. The number of pyridine rings is 1. The van der Waals surface area contributed by atoms with E-state index in [1.54, 1.807) is 30.6 Å². The number of nitrogens with zero attached hydrogens (tertiary/aromatic N) is 3. The molecule has 0 radical (unpaired) electrons. The summed E-state index contributed by atoms with van der Waals surface area (Å²) in [5.41, 5.74) is 1.26. The standard InChI is InChI=1S/C18H17N3O2S/c1-20-10-8-12(11-16(20)22)18(23)21-9-4-6-14(21)17-19-13-5-2-3-7-15(13)24-17/h2-3,5,7-8,10-11,14H,4,6,9H2,1H3/t14-/m1/s1. The fourth-order valence-corrected chi connectivity index (χ4v) is 4.26. The van der Waals surface area contributed by atoms with Gasteiger partial charge in [0.15, 0.2) is 0 Å². The topological polar surface area (TPSA) is 55.2 Å². The second-order valence-corrected chi connectivity index (χ2v) is 7.10.